The molecule has 0 aliphatic heterocycles. The highest BCUT2D eigenvalue weighted by molar-refractivity contribution is 6.99. The molecule has 0 saturated carbocycles. The zero-order valence-corrected chi connectivity index (χ0v) is 33.5. The van der Waals surface area contributed by atoms with Gasteiger partial charge in [0.05, 0.1) is 7.11 Å². The molecule has 1 atom stereocenters. The Hall–Kier alpha value is -2.17. The van der Waals surface area contributed by atoms with Gasteiger partial charge in [-0.3, -0.25) is 4.79 Å². The first-order valence-electron chi connectivity index (χ1n) is 20.4. The fraction of sp³-hybridized carbons (Fsp3) is 0.667. The number of carbonyl (C=O) groups is 1. The summed E-state index contributed by atoms with van der Waals surface area (Å²) in [5.41, 5.74) is 0. The van der Waals surface area contributed by atoms with Crippen molar-refractivity contribution in [2.45, 2.75) is 187 Å². The summed E-state index contributed by atoms with van der Waals surface area (Å²) in [6, 6.07) is 22.4. The third-order valence-corrected chi connectivity index (χ3v) is 15.3. The van der Waals surface area contributed by atoms with Gasteiger partial charge in [-0.05, 0) is 60.4 Å². The number of methoxy groups -OCH3 is 1. The van der Waals surface area contributed by atoms with Gasteiger partial charge in [0.2, 0.25) is 0 Å². The van der Waals surface area contributed by atoms with E-state index in [1.165, 1.54) is 146 Å². The molecule has 2 aromatic rings. The van der Waals surface area contributed by atoms with Crippen LogP contribution in [0.4, 0.5) is 0 Å². The van der Waals surface area contributed by atoms with Crippen molar-refractivity contribution in [3.63, 3.8) is 0 Å². The van der Waals surface area contributed by atoms with Crippen molar-refractivity contribution < 1.29 is 14.0 Å². The number of esters is 1. The lowest BCUT2D eigenvalue weighted by Crippen LogP contribution is -2.67. The van der Waals surface area contributed by atoms with Gasteiger partial charge >= 0.3 is 5.97 Å². The number of rotatable bonds is 29. The Kier molecular flexibility index (Phi) is 23.3. The van der Waals surface area contributed by atoms with Crippen LogP contribution in [0.1, 0.15) is 175 Å². The van der Waals surface area contributed by atoms with E-state index in [0.29, 0.717) is 12.5 Å². The van der Waals surface area contributed by atoms with E-state index >= 15 is 0 Å². The lowest BCUT2D eigenvalue weighted by molar-refractivity contribution is -0.140. The fourth-order valence-corrected chi connectivity index (χ4v) is 12.0. The summed E-state index contributed by atoms with van der Waals surface area (Å²) in [6.45, 7) is 9.54. The molecule has 3 nitrogen and oxygen atoms in total. The Morgan fingerprint density at radius 1 is 0.612 bits per heavy atom. The lowest BCUT2D eigenvalue weighted by Gasteiger charge is -2.45. The van der Waals surface area contributed by atoms with Crippen molar-refractivity contribution in [2.24, 2.45) is 0 Å². The average molecular weight is 691 g/mol. The van der Waals surface area contributed by atoms with Crippen molar-refractivity contribution in [2.75, 3.05) is 7.11 Å². The standard InChI is InChI=1S/C45H74O3Si/c1-6-7-8-9-19-22-27-34-41(48-49(45(2,3)4,42-36-29-25-30-37-42)43-38-31-26-32-39-43)35-28-23-20-17-15-13-11-10-12-14-16-18-21-24-33-40-44(46)47-5/h10,12,25-26,29-32,36-39,41H,6-9,11,13-24,27-28,33-35,40H2,1-5H3/b12-10-. The number of hydrogen-bond acceptors (Lipinski definition) is 3. The summed E-state index contributed by atoms with van der Waals surface area (Å²) < 4.78 is 12.4. The van der Waals surface area contributed by atoms with Crippen molar-refractivity contribution >= 4 is 24.7 Å². The van der Waals surface area contributed by atoms with Crippen LogP contribution in [0.5, 0.6) is 0 Å². The molecule has 0 spiro atoms. The fourth-order valence-electron chi connectivity index (χ4n) is 7.27. The second kappa shape index (κ2) is 26.6. The molecule has 0 radical (unpaired) electrons. The van der Waals surface area contributed by atoms with Gasteiger partial charge in [-0.25, -0.2) is 0 Å². The van der Waals surface area contributed by atoms with Gasteiger partial charge in [0, 0.05) is 12.5 Å². The molecular formula is C45H74O3Si. The van der Waals surface area contributed by atoms with Crippen LogP contribution in [0.3, 0.4) is 0 Å². The second-order valence-corrected chi connectivity index (χ2v) is 19.6. The van der Waals surface area contributed by atoms with Crippen molar-refractivity contribution in [3.8, 4) is 0 Å². The van der Waals surface area contributed by atoms with E-state index in [1.54, 1.807) is 0 Å². The SMILES string of the molecule is CCCCCCCCCC(CCCCCCCC/C=C\CCCCCCCC(=O)OC)O[Si](c1ccccc1)(c1ccccc1)C(C)(C)C. The second-order valence-electron chi connectivity index (χ2n) is 15.4. The molecule has 2 rings (SSSR count). The van der Waals surface area contributed by atoms with E-state index in [9.17, 15) is 4.79 Å². The number of ether oxygens (including phenoxy) is 1. The maximum absolute atomic E-state index is 11.2. The predicted octanol–water partition coefficient (Wildman–Crippen LogP) is 12.7. The van der Waals surface area contributed by atoms with Gasteiger partial charge in [-0.1, -0.05) is 197 Å². The largest absolute Gasteiger partial charge is 0.469 e. The van der Waals surface area contributed by atoms with Crippen LogP contribution in [0.15, 0.2) is 72.8 Å². The first-order chi connectivity index (χ1) is 23.8. The normalized spacial score (nSPS) is 12.8. The van der Waals surface area contributed by atoms with Crippen LogP contribution in [0.2, 0.25) is 5.04 Å². The average Bonchev–Trinajstić information content (AvgIpc) is 3.11. The highest BCUT2D eigenvalue weighted by atomic mass is 28.4. The Morgan fingerprint density at radius 3 is 1.45 bits per heavy atom. The smallest absolute Gasteiger partial charge is 0.305 e. The number of allylic oxidation sites excluding steroid dienone is 2. The Labute approximate surface area is 304 Å². The molecule has 0 aromatic heterocycles. The number of carbonyl (C=O) groups excluding carboxylic acids is 1. The highest BCUT2D eigenvalue weighted by Gasteiger charge is 2.51. The van der Waals surface area contributed by atoms with E-state index in [-0.39, 0.29) is 11.0 Å². The van der Waals surface area contributed by atoms with Crippen molar-refractivity contribution in [1.82, 2.24) is 0 Å². The molecule has 0 aliphatic carbocycles. The maximum atomic E-state index is 11.2. The molecule has 4 heteroatoms. The van der Waals surface area contributed by atoms with Gasteiger partial charge in [0.1, 0.15) is 0 Å². The summed E-state index contributed by atoms with van der Waals surface area (Å²) in [5.74, 6) is -0.0811. The molecule has 0 bridgehead atoms. The van der Waals surface area contributed by atoms with E-state index in [0.717, 1.165) is 12.8 Å². The van der Waals surface area contributed by atoms with E-state index in [1.807, 2.05) is 0 Å². The van der Waals surface area contributed by atoms with Gasteiger partial charge in [-0.15, -0.1) is 0 Å². The van der Waals surface area contributed by atoms with Crippen LogP contribution >= 0.6 is 0 Å². The number of benzene rings is 2. The summed E-state index contributed by atoms with van der Waals surface area (Å²) >= 11 is 0. The summed E-state index contributed by atoms with van der Waals surface area (Å²) in [7, 11) is -1.07. The molecule has 0 saturated heterocycles. The van der Waals surface area contributed by atoms with E-state index in [4.69, 9.17) is 9.16 Å². The molecule has 276 valence electrons. The molecule has 2 aromatic carbocycles. The van der Waals surface area contributed by atoms with Gasteiger partial charge < -0.3 is 9.16 Å². The molecular weight excluding hydrogens is 617 g/mol. The van der Waals surface area contributed by atoms with E-state index < -0.39 is 8.32 Å². The van der Waals surface area contributed by atoms with Gasteiger partial charge in [0.25, 0.3) is 8.32 Å². The molecule has 49 heavy (non-hydrogen) atoms. The first-order valence-corrected chi connectivity index (χ1v) is 22.3. The quantitative estimate of drug-likeness (QED) is 0.0369. The highest BCUT2D eigenvalue weighted by Crippen LogP contribution is 2.38. The Balaban J connectivity index is 1.83. The topological polar surface area (TPSA) is 35.5 Å². The molecule has 0 aliphatic rings. The van der Waals surface area contributed by atoms with Crippen LogP contribution in [0.25, 0.3) is 0 Å². The number of hydrogen-bond donors (Lipinski definition) is 0. The molecule has 0 fully saturated rings. The van der Waals surface area contributed by atoms with Crippen LogP contribution in [0, 0.1) is 0 Å². The van der Waals surface area contributed by atoms with Crippen LogP contribution < -0.4 is 10.4 Å². The maximum Gasteiger partial charge on any atom is 0.305 e. The molecule has 0 amide bonds. The van der Waals surface area contributed by atoms with Crippen LogP contribution in [-0.2, 0) is 14.0 Å². The zero-order valence-electron chi connectivity index (χ0n) is 32.5. The van der Waals surface area contributed by atoms with Crippen molar-refractivity contribution in [3.05, 3.63) is 72.8 Å². The first kappa shape index (κ1) is 43.0. The number of unbranched alkanes of at least 4 members (excludes halogenated alkanes) is 17. The Morgan fingerprint density at radius 2 is 1.02 bits per heavy atom. The van der Waals surface area contributed by atoms with Gasteiger partial charge in [-0.2, -0.15) is 0 Å². The molecule has 0 heterocycles. The monoisotopic (exact) mass is 691 g/mol. The van der Waals surface area contributed by atoms with Crippen LogP contribution in [-0.4, -0.2) is 27.5 Å². The van der Waals surface area contributed by atoms with Gasteiger partial charge in [0.15, 0.2) is 0 Å². The van der Waals surface area contributed by atoms with Crippen molar-refractivity contribution in [1.29, 1.82) is 0 Å². The minimum absolute atomic E-state index is 0.0231. The summed E-state index contributed by atoms with van der Waals surface area (Å²) in [5, 5.41) is 2.83. The molecule has 1 unspecified atom stereocenters. The zero-order chi connectivity index (χ0) is 35.5. The summed E-state index contributed by atoms with van der Waals surface area (Å²) in [4.78, 5) is 11.2. The lowest BCUT2D eigenvalue weighted by atomic mass is 10.0. The molecule has 0 N–H and O–H groups in total. The Bertz CT molecular complexity index is 1050. The predicted molar refractivity (Wildman–Crippen MR) is 216 cm³/mol. The third-order valence-electron chi connectivity index (χ3n) is 10.2. The van der Waals surface area contributed by atoms with E-state index in [2.05, 4.69) is 101 Å². The third kappa shape index (κ3) is 17.5. The minimum Gasteiger partial charge on any atom is -0.469 e. The summed E-state index contributed by atoms with van der Waals surface area (Å²) in [6.07, 6.45) is 33.6. The minimum atomic E-state index is -2.54.